The number of halogens is 1. The number of ether oxygens (including phenoxy) is 1. The number of nitrogens with zero attached hydrogens (tertiary/aromatic N) is 5. The van der Waals surface area contributed by atoms with Crippen molar-refractivity contribution in [2.24, 2.45) is 0 Å². The second kappa shape index (κ2) is 6.61. The Morgan fingerprint density at radius 3 is 2.65 bits per heavy atom. The molecule has 8 heteroatoms. The second-order valence-electron chi connectivity index (χ2n) is 5.54. The molecule has 0 saturated carbocycles. The average molecular weight is 368 g/mol. The Morgan fingerprint density at radius 2 is 1.92 bits per heavy atom. The maximum Gasteiger partial charge on any atom is 0.280 e. The third-order valence-electron chi connectivity index (χ3n) is 3.94. The van der Waals surface area contributed by atoms with Crippen LogP contribution in [0.15, 0.2) is 53.1 Å². The molecule has 4 aromatic rings. The standard InChI is InChI=1S/C18H14ClN5O2/c1-11-16(18-20-17(22-26-18)12-6-4-3-5-7-12)21-23-24(11)13-8-9-15(25-2)14(19)10-13/h3-10H,1-2H3. The minimum absolute atomic E-state index is 0.312. The number of hydrogen-bond acceptors (Lipinski definition) is 6. The van der Waals surface area contributed by atoms with E-state index < -0.39 is 0 Å². The first kappa shape index (κ1) is 16.3. The molecule has 0 atom stereocenters. The van der Waals surface area contributed by atoms with E-state index in [1.54, 1.807) is 23.9 Å². The van der Waals surface area contributed by atoms with Crippen LogP contribution in [-0.2, 0) is 0 Å². The Balaban J connectivity index is 1.70. The lowest BCUT2D eigenvalue weighted by Gasteiger charge is -2.07. The molecule has 2 aromatic carbocycles. The van der Waals surface area contributed by atoms with Gasteiger partial charge in [0.05, 0.1) is 23.5 Å². The van der Waals surface area contributed by atoms with E-state index in [9.17, 15) is 0 Å². The normalized spacial score (nSPS) is 10.9. The van der Waals surface area contributed by atoms with Crippen molar-refractivity contribution in [3.8, 4) is 34.4 Å². The highest BCUT2D eigenvalue weighted by Crippen LogP contribution is 2.28. The summed E-state index contributed by atoms with van der Waals surface area (Å²) in [5.74, 6) is 1.41. The van der Waals surface area contributed by atoms with Gasteiger partial charge in [0.1, 0.15) is 5.75 Å². The number of benzene rings is 2. The SMILES string of the molecule is COc1ccc(-n2nnc(-c3nc(-c4ccccc4)no3)c2C)cc1Cl. The molecule has 0 amide bonds. The van der Waals surface area contributed by atoms with Crippen LogP contribution in [0.1, 0.15) is 5.69 Å². The van der Waals surface area contributed by atoms with Crippen LogP contribution in [0.2, 0.25) is 5.02 Å². The van der Waals surface area contributed by atoms with E-state index >= 15 is 0 Å². The Labute approximate surface area is 154 Å². The lowest BCUT2D eigenvalue weighted by molar-refractivity contribution is 0.415. The fourth-order valence-electron chi connectivity index (χ4n) is 2.58. The van der Waals surface area contributed by atoms with Crippen molar-refractivity contribution in [2.75, 3.05) is 7.11 Å². The molecule has 0 radical (unpaired) electrons. The van der Waals surface area contributed by atoms with Crippen LogP contribution in [0.4, 0.5) is 0 Å². The van der Waals surface area contributed by atoms with Gasteiger partial charge in [-0.05, 0) is 25.1 Å². The van der Waals surface area contributed by atoms with Crippen LogP contribution in [-0.4, -0.2) is 32.2 Å². The van der Waals surface area contributed by atoms with Crippen LogP contribution in [0, 0.1) is 6.92 Å². The summed E-state index contributed by atoms with van der Waals surface area (Å²) < 4.78 is 12.2. The van der Waals surface area contributed by atoms with Crippen LogP contribution in [0.3, 0.4) is 0 Å². The Morgan fingerprint density at radius 1 is 1.12 bits per heavy atom. The van der Waals surface area contributed by atoms with E-state index in [2.05, 4.69) is 20.5 Å². The third kappa shape index (κ3) is 2.82. The smallest absolute Gasteiger partial charge is 0.280 e. The van der Waals surface area contributed by atoms with E-state index in [0.29, 0.717) is 28.2 Å². The highest BCUT2D eigenvalue weighted by Gasteiger charge is 2.19. The quantitative estimate of drug-likeness (QED) is 0.543. The average Bonchev–Trinajstić information content (AvgIpc) is 3.29. The van der Waals surface area contributed by atoms with Gasteiger partial charge in [-0.25, -0.2) is 4.68 Å². The molecule has 0 N–H and O–H groups in total. The number of rotatable bonds is 4. The summed E-state index contributed by atoms with van der Waals surface area (Å²) in [4.78, 5) is 4.42. The number of methoxy groups -OCH3 is 1. The molecule has 4 rings (SSSR count). The van der Waals surface area contributed by atoms with E-state index in [0.717, 1.165) is 16.9 Å². The first-order valence-corrected chi connectivity index (χ1v) is 8.21. The fraction of sp³-hybridized carbons (Fsp3) is 0.111. The van der Waals surface area contributed by atoms with Gasteiger partial charge in [-0.3, -0.25) is 0 Å². The van der Waals surface area contributed by atoms with Crippen molar-refractivity contribution in [1.82, 2.24) is 25.1 Å². The van der Waals surface area contributed by atoms with Gasteiger partial charge in [0.2, 0.25) is 5.82 Å². The molecule has 7 nitrogen and oxygen atoms in total. The first-order valence-electron chi connectivity index (χ1n) is 7.83. The lowest BCUT2D eigenvalue weighted by Crippen LogP contribution is -1.99. The Bertz CT molecular complexity index is 1060. The summed E-state index contributed by atoms with van der Waals surface area (Å²) in [6, 6.07) is 15.0. The van der Waals surface area contributed by atoms with Crippen molar-refractivity contribution in [3.05, 3.63) is 59.2 Å². The maximum atomic E-state index is 6.20. The predicted molar refractivity (Wildman–Crippen MR) is 96.4 cm³/mol. The molecule has 0 unspecified atom stereocenters. The van der Waals surface area contributed by atoms with Gasteiger partial charge >= 0.3 is 0 Å². The Kier molecular flexibility index (Phi) is 4.14. The molecule has 130 valence electrons. The fourth-order valence-corrected chi connectivity index (χ4v) is 2.84. The van der Waals surface area contributed by atoms with E-state index in [-0.39, 0.29) is 0 Å². The van der Waals surface area contributed by atoms with E-state index in [1.165, 1.54) is 0 Å². The molecule has 0 aliphatic heterocycles. The molecule has 26 heavy (non-hydrogen) atoms. The number of hydrogen-bond donors (Lipinski definition) is 0. The van der Waals surface area contributed by atoms with Gasteiger partial charge < -0.3 is 9.26 Å². The molecule has 0 saturated heterocycles. The van der Waals surface area contributed by atoms with E-state index in [4.69, 9.17) is 20.9 Å². The molecule has 0 spiro atoms. The molecule has 0 aliphatic carbocycles. The summed E-state index contributed by atoms with van der Waals surface area (Å²) >= 11 is 6.20. The summed E-state index contributed by atoms with van der Waals surface area (Å²) in [5, 5.41) is 12.9. The van der Waals surface area contributed by atoms with Gasteiger partial charge in [0.15, 0.2) is 5.69 Å². The van der Waals surface area contributed by atoms with Crippen LogP contribution >= 0.6 is 11.6 Å². The van der Waals surface area contributed by atoms with Crippen LogP contribution in [0.25, 0.3) is 28.7 Å². The van der Waals surface area contributed by atoms with E-state index in [1.807, 2.05) is 43.3 Å². The van der Waals surface area contributed by atoms with Crippen molar-refractivity contribution < 1.29 is 9.26 Å². The summed E-state index contributed by atoms with van der Waals surface area (Å²) in [6.07, 6.45) is 0. The summed E-state index contributed by atoms with van der Waals surface area (Å²) in [6.45, 7) is 1.87. The molecule has 2 aromatic heterocycles. The molecule has 0 fully saturated rings. The lowest BCUT2D eigenvalue weighted by atomic mass is 10.2. The van der Waals surface area contributed by atoms with Gasteiger partial charge in [-0.1, -0.05) is 52.3 Å². The van der Waals surface area contributed by atoms with Crippen molar-refractivity contribution >= 4 is 11.6 Å². The molecule has 2 heterocycles. The second-order valence-corrected chi connectivity index (χ2v) is 5.95. The molecular formula is C18H14ClN5O2. The van der Waals surface area contributed by atoms with Crippen molar-refractivity contribution in [1.29, 1.82) is 0 Å². The van der Waals surface area contributed by atoms with Crippen molar-refractivity contribution in [2.45, 2.75) is 6.92 Å². The summed E-state index contributed by atoms with van der Waals surface area (Å²) in [5.41, 5.74) is 2.91. The Hall–Kier alpha value is -3.19. The minimum atomic E-state index is 0.312. The van der Waals surface area contributed by atoms with Gasteiger partial charge in [0, 0.05) is 5.56 Å². The van der Waals surface area contributed by atoms with Crippen LogP contribution in [0.5, 0.6) is 5.75 Å². The topological polar surface area (TPSA) is 78.9 Å². The predicted octanol–water partition coefficient (Wildman–Crippen LogP) is 3.95. The monoisotopic (exact) mass is 367 g/mol. The zero-order valence-electron chi connectivity index (χ0n) is 14.0. The molecule has 0 aliphatic rings. The highest BCUT2D eigenvalue weighted by molar-refractivity contribution is 6.32. The van der Waals surface area contributed by atoms with Crippen molar-refractivity contribution in [3.63, 3.8) is 0 Å². The highest BCUT2D eigenvalue weighted by atomic mass is 35.5. The van der Waals surface area contributed by atoms with Gasteiger partial charge in [-0.2, -0.15) is 4.98 Å². The van der Waals surface area contributed by atoms with Crippen LogP contribution < -0.4 is 4.74 Å². The zero-order chi connectivity index (χ0) is 18.1. The molecule has 0 bridgehead atoms. The first-order chi connectivity index (χ1) is 12.7. The van der Waals surface area contributed by atoms with Gasteiger partial charge in [0.25, 0.3) is 5.89 Å². The maximum absolute atomic E-state index is 6.20. The molecular weight excluding hydrogens is 354 g/mol. The third-order valence-corrected chi connectivity index (χ3v) is 4.23. The van der Waals surface area contributed by atoms with Gasteiger partial charge in [-0.15, -0.1) is 5.10 Å². The largest absolute Gasteiger partial charge is 0.495 e. The minimum Gasteiger partial charge on any atom is -0.495 e. The summed E-state index contributed by atoms with van der Waals surface area (Å²) in [7, 11) is 1.57. The zero-order valence-corrected chi connectivity index (χ0v) is 14.8. The number of aromatic nitrogens is 5.